The maximum absolute atomic E-state index is 2.29. The normalized spacial score (nSPS) is 10.3. The molecule has 0 fully saturated rings. The van der Waals surface area contributed by atoms with Gasteiger partial charge in [0, 0.05) is 0 Å². The summed E-state index contributed by atoms with van der Waals surface area (Å²) < 4.78 is 0. The van der Waals surface area contributed by atoms with E-state index >= 15 is 0 Å². The number of unbranched alkanes of at least 4 members (excludes halogenated alkanes) is 14. The van der Waals surface area contributed by atoms with E-state index in [0.29, 0.717) is 0 Å². The van der Waals surface area contributed by atoms with Gasteiger partial charge in [0.25, 0.3) is 0 Å². The summed E-state index contributed by atoms with van der Waals surface area (Å²) in [6, 6.07) is 0. The van der Waals surface area contributed by atoms with E-state index in [1.807, 2.05) is 0 Å². The lowest BCUT2D eigenvalue weighted by Gasteiger charge is -2.02. The first kappa shape index (κ1) is 20.3. The molecule has 0 aromatic carbocycles. The highest BCUT2D eigenvalue weighted by Gasteiger charge is 1.93. The van der Waals surface area contributed by atoms with E-state index in [-0.39, 0.29) is 7.43 Å². The van der Waals surface area contributed by atoms with Gasteiger partial charge in [-0.25, -0.2) is 0 Å². The second-order valence-corrected chi connectivity index (χ2v) is 5.60. The van der Waals surface area contributed by atoms with E-state index < -0.39 is 0 Å². The average Bonchev–Trinajstić information content (AvgIpc) is 2.35. The number of hydrogen-bond acceptors (Lipinski definition) is 0. The molecule has 0 unspecified atom stereocenters. The highest BCUT2D eigenvalue weighted by Crippen LogP contribution is 2.13. The largest absolute Gasteiger partial charge is 0.0654 e. The first-order valence-electron chi connectivity index (χ1n) is 8.41. The summed E-state index contributed by atoms with van der Waals surface area (Å²) in [5.41, 5.74) is 0. The SMILES string of the molecule is CCCCCCCCCCCCCCCCC.[CH]. The van der Waals surface area contributed by atoms with Crippen LogP contribution in [0.4, 0.5) is 0 Å². The standard InChI is InChI=1S/C17H36.CH/c1-3-5-7-9-11-13-15-17-16-14-12-10-8-6-4-2;/h3-17H2,1-2H3;1H. The lowest BCUT2D eigenvalue weighted by Crippen LogP contribution is -1.82. The Bertz CT molecular complexity index is 103. The predicted octanol–water partition coefficient (Wildman–Crippen LogP) is 7.08. The molecule has 0 aliphatic heterocycles. The monoisotopic (exact) mass is 253 g/mol. The Balaban J connectivity index is 0. The summed E-state index contributed by atoms with van der Waals surface area (Å²) in [7, 11) is 0. The summed E-state index contributed by atoms with van der Waals surface area (Å²) in [5, 5.41) is 0. The fraction of sp³-hybridized carbons (Fsp3) is 0.944. The molecule has 0 nitrogen and oxygen atoms in total. The molecular weight excluding hydrogens is 216 g/mol. The Morgan fingerprint density at radius 2 is 0.500 bits per heavy atom. The van der Waals surface area contributed by atoms with Crippen LogP contribution in [0.1, 0.15) is 110 Å². The maximum Gasteiger partial charge on any atom is -0.0312 e. The first-order chi connectivity index (χ1) is 8.41. The van der Waals surface area contributed by atoms with Gasteiger partial charge >= 0.3 is 0 Å². The quantitative estimate of drug-likeness (QED) is 0.290. The summed E-state index contributed by atoms with van der Waals surface area (Å²) in [5.74, 6) is 0. The third kappa shape index (κ3) is 18.4. The number of hydrogen-bond donors (Lipinski definition) is 0. The van der Waals surface area contributed by atoms with E-state index in [4.69, 9.17) is 0 Å². The molecule has 0 heterocycles. The zero-order valence-corrected chi connectivity index (χ0v) is 13.2. The van der Waals surface area contributed by atoms with E-state index in [1.54, 1.807) is 0 Å². The van der Waals surface area contributed by atoms with Crippen LogP contribution in [0.3, 0.4) is 0 Å². The molecule has 0 bridgehead atoms. The molecule has 0 saturated carbocycles. The minimum atomic E-state index is 0. The van der Waals surface area contributed by atoms with Crippen LogP contribution in [0.5, 0.6) is 0 Å². The van der Waals surface area contributed by atoms with Crippen LogP contribution in [0.25, 0.3) is 0 Å². The fourth-order valence-corrected chi connectivity index (χ4v) is 2.44. The van der Waals surface area contributed by atoms with Crippen molar-refractivity contribution in [2.45, 2.75) is 110 Å². The van der Waals surface area contributed by atoms with Crippen LogP contribution < -0.4 is 0 Å². The molecule has 0 rings (SSSR count). The Morgan fingerprint density at radius 1 is 0.333 bits per heavy atom. The van der Waals surface area contributed by atoms with Gasteiger partial charge in [-0.1, -0.05) is 110 Å². The van der Waals surface area contributed by atoms with Gasteiger partial charge in [-0.05, 0) is 7.43 Å². The van der Waals surface area contributed by atoms with Crippen molar-refractivity contribution < 1.29 is 0 Å². The highest BCUT2D eigenvalue weighted by atomic mass is 14.0. The van der Waals surface area contributed by atoms with Crippen LogP contribution in [0, 0.1) is 7.43 Å². The van der Waals surface area contributed by atoms with E-state index in [9.17, 15) is 0 Å². The maximum atomic E-state index is 2.29. The molecule has 0 aliphatic rings. The number of rotatable bonds is 14. The van der Waals surface area contributed by atoms with Gasteiger partial charge in [-0.15, -0.1) is 0 Å². The molecule has 0 aromatic heterocycles. The van der Waals surface area contributed by atoms with Gasteiger partial charge in [-0.2, -0.15) is 0 Å². The molecule has 0 heteroatoms. The summed E-state index contributed by atoms with van der Waals surface area (Å²) in [4.78, 5) is 0. The van der Waals surface area contributed by atoms with Crippen molar-refractivity contribution in [2.24, 2.45) is 0 Å². The highest BCUT2D eigenvalue weighted by molar-refractivity contribution is 4.48. The second-order valence-electron chi connectivity index (χ2n) is 5.60. The van der Waals surface area contributed by atoms with Gasteiger partial charge in [0.05, 0.1) is 0 Å². The molecule has 0 N–H and O–H groups in total. The molecule has 0 aliphatic carbocycles. The van der Waals surface area contributed by atoms with Gasteiger partial charge in [0.2, 0.25) is 0 Å². The third-order valence-electron chi connectivity index (χ3n) is 3.71. The molecule has 0 spiro atoms. The van der Waals surface area contributed by atoms with Gasteiger partial charge in [0.15, 0.2) is 0 Å². The minimum Gasteiger partial charge on any atom is -0.0654 e. The molecular formula is C18H37. The van der Waals surface area contributed by atoms with Crippen LogP contribution >= 0.6 is 0 Å². The van der Waals surface area contributed by atoms with Crippen molar-refractivity contribution in [3.8, 4) is 0 Å². The van der Waals surface area contributed by atoms with Crippen molar-refractivity contribution in [2.75, 3.05) is 0 Å². The Kier molecular flexibility index (Phi) is 21.8. The second kappa shape index (κ2) is 19.3. The summed E-state index contributed by atoms with van der Waals surface area (Å²) in [6.07, 6.45) is 21.9. The fourth-order valence-electron chi connectivity index (χ4n) is 2.44. The molecule has 0 aromatic rings. The van der Waals surface area contributed by atoms with Gasteiger partial charge < -0.3 is 0 Å². The lowest BCUT2D eigenvalue weighted by atomic mass is 10.0. The van der Waals surface area contributed by atoms with Crippen molar-refractivity contribution in [3.63, 3.8) is 0 Å². The van der Waals surface area contributed by atoms with Crippen molar-refractivity contribution in [1.29, 1.82) is 0 Å². The zero-order chi connectivity index (χ0) is 12.6. The van der Waals surface area contributed by atoms with Crippen LogP contribution in [0.2, 0.25) is 0 Å². The Labute approximate surface area is 118 Å². The molecule has 0 atom stereocenters. The first-order valence-corrected chi connectivity index (χ1v) is 8.41. The summed E-state index contributed by atoms with van der Waals surface area (Å²) >= 11 is 0. The van der Waals surface area contributed by atoms with Gasteiger partial charge in [-0.3, -0.25) is 0 Å². The molecule has 18 heavy (non-hydrogen) atoms. The van der Waals surface area contributed by atoms with Crippen molar-refractivity contribution in [1.82, 2.24) is 0 Å². The van der Waals surface area contributed by atoms with Crippen molar-refractivity contribution >= 4 is 0 Å². The Morgan fingerprint density at radius 3 is 0.667 bits per heavy atom. The molecule has 3 radical (unpaired) electrons. The van der Waals surface area contributed by atoms with Crippen LogP contribution in [0.15, 0.2) is 0 Å². The van der Waals surface area contributed by atoms with E-state index in [0.717, 1.165) is 0 Å². The zero-order valence-electron chi connectivity index (χ0n) is 13.2. The van der Waals surface area contributed by atoms with E-state index in [1.165, 1.54) is 96.3 Å². The molecule has 0 saturated heterocycles. The van der Waals surface area contributed by atoms with E-state index in [2.05, 4.69) is 13.8 Å². The van der Waals surface area contributed by atoms with Gasteiger partial charge in [0.1, 0.15) is 0 Å². The molecule has 0 amide bonds. The topological polar surface area (TPSA) is 0 Å². The average molecular weight is 253 g/mol. The Hall–Kier alpha value is 0. The predicted molar refractivity (Wildman–Crippen MR) is 84.9 cm³/mol. The molecule has 109 valence electrons. The van der Waals surface area contributed by atoms with Crippen LogP contribution in [-0.4, -0.2) is 0 Å². The summed E-state index contributed by atoms with van der Waals surface area (Å²) in [6.45, 7) is 4.58. The lowest BCUT2D eigenvalue weighted by molar-refractivity contribution is 0.534. The smallest absolute Gasteiger partial charge is 0.0312 e. The van der Waals surface area contributed by atoms with Crippen molar-refractivity contribution in [3.05, 3.63) is 7.43 Å². The van der Waals surface area contributed by atoms with Crippen LogP contribution in [-0.2, 0) is 0 Å². The minimum absolute atomic E-state index is 0. The third-order valence-corrected chi connectivity index (χ3v) is 3.71.